The van der Waals surface area contributed by atoms with Crippen LogP contribution in [0.3, 0.4) is 0 Å². The SMILES string of the molecule is Cc1cncc(NC(=O)c2cc([N+](=O)[O-])ccc2F)c1. The van der Waals surface area contributed by atoms with Crippen molar-refractivity contribution in [2.24, 2.45) is 0 Å². The molecule has 1 heterocycles. The maximum Gasteiger partial charge on any atom is 0.270 e. The number of nitro groups is 1. The number of nitrogens with zero attached hydrogens (tertiary/aromatic N) is 2. The standard InChI is InChI=1S/C13H10FN3O3/c1-8-4-9(7-15-6-8)16-13(18)11-5-10(17(19)20)2-3-12(11)14/h2-7H,1H3,(H,16,18). The Hall–Kier alpha value is -2.83. The van der Waals surface area contributed by atoms with Gasteiger partial charge in [0.05, 0.1) is 22.4 Å². The number of nitrogens with one attached hydrogen (secondary N) is 1. The summed E-state index contributed by atoms with van der Waals surface area (Å²) in [4.78, 5) is 25.7. The molecule has 0 fully saturated rings. The number of non-ortho nitro benzene ring substituents is 1. The second-order valence-corrected chi connectivity index (χ2v) is 4.13. The average Bonchev–Trinajstić information content (AvgIpc) is 2.38. The maximum atomic E-state index is 13.6. The molecule has 6 nitrogen and oxygen atoms in total. The van der Waals surface area contributed by atoms with Crippen LogP contribution in [0.4, 0.5) is 15.8 Å². The summed E-state index contributed by atoms with van der Waals surface area (Å²) in [5, 5.41) is 13.1. The predicted octanol–water partition coefficient (Wildman–Crippen LogP) is 2.69. The molecule has 2 rings (SSSR count). The van der Waals surface area contributed by atoms with Crippen molar-refractivity contribution >= 4 is 17.3 Å². The number of anilines is 1. The van der Waals surface area contributed by atoms with Crippen LogP contribution in [0.15, 0.2) is 36.7 Å². The molecule has 0 aliphatic heterocycles. The van der Waals surface area contributed by atoms with Crippen LogP contribution in [0.5, 0.6) is 0 Å². The van der Waals surface area contributed by atoms with Crippen molar-refractivity contribution in [1.82, 2.24) is 4.98 Å². The number of rotatable bonds is 3. The fourth-order valence-corrected chi connectivity index (χ4v) is 1.62. The third-order valence-corrected chi connectivity index (χ3v) is 2.54. The number of carbonyl (C=O) groups is 1. The van der Waals surface area contributed by atoms with Crippen molar-refractivity contribution in [2.45, 2.75) is 6.92 Å². The molecule has 0 bridgehead atoms. The molecule has 0 radical (unpaired) electrons. The van der Waals surface area contributed by atoms with E-state index in [1.807, 2.05) is 0 Å². The van der Waals surface area contributed by atoms with Crippen molar-refractivity contribution in [3.63, 3.8) is 0 Å². The number of carbonyl (C=O) groups excluding carboxylic acids is 1. The monoisotopic (exact) mass is 275 g/mol. The van der Waals surface area contributed by atoms with E-state index < -0.39 is 16.6 Å². The molecular weight excluding hydrogens is 265 g/mol. The first kappa shape index (κ1) is 13.6. The van der Waals surface area contributed by atoms with E-state index >= 15 is 0 Å². The van der Waals surface area contributed by atoms with E-state index in [1.165, 1.54) is 6.20 Å². The summed E-state index contributed by atoms with van der Waals surface area (Å²) in [5.41, 5.74) is 0.475. The lowest BCUT2D eigenvalue weighted by molar-refractivity contribution is -0.384. The average molecular weight is 275 g/mol. The van der Waals surface area contributed by atoms with E-state index in [-0.39, 0.29) is 11.3 Å². The zero-order valence-electron chi connectivity index (χ0n) is 10.5. The van der Waals surface area contributed by atoms with E-state index in [2.05, 4.69) is 10.3 Å². The topological polar surface area (TPSA) is 85.1 Å². The first-order valence-electron chi connectivity index (χ1n) is 5.64. The predicted molar refractivity (Wildman–Crippen MR) is 70.0 cm³/mol. The van der Waals surface area contributed by atoms with E-state index in [4.69, 9.17) is 0 Å². The first-order valence-corrected chi connectivity index (χ1v) is 5.64. The van der Waals surface area contributed by atoms with Crippen molar-refractivity contribution in [1.29, 1.82) is 0 Å². The summed E-state index contributed by atoms with van der Waals surface area (Å²) in [6.45, 7) is 1.79. The molecule has 1 N–H and O–H groups in total. The van der Waals surface area contributed by atoms with Crippen LogP contribution in [-0.2, 0) is 0 Å². The summed E-state index contributed by atoms with van der Waals surface area (Å²) in [6, 6.07) is 4.44. The molecule has 0 unspecified atom stereocenters. The first-order chi connectivity index (χ1) is 9.47. The highest BCUT2D eigenvalue weighted by molar-refractivity contribution is 6.04. The van der Waals surface area contributed by atoms with Gasteiger partial charge in [-0.2, -0.15) is 0 Å². The van der Waals surface area contributed by atoms with Crippen LogP contribution in [-0.4, -0.2) is 15.8 Å². The number of pyridine rings is 1. The second kappa shape index (κ2) is 5.43. The highest BCUT2D eigenvalue weighted by atomic mass is 19.1. The summed E-state index contributed by atoms with van der Waals surface area (Å²) in [7, 11) is 0. The molecule has 20 heavy (non-hydrogen) atoms. The Kier molecular flexibility index (Phi) is 3.69. The Labute approximate surface area is 113 Å². The van der Waals surface area contributed by atoms with Crippen LogP contribution >= 0.6 is 0 Å². The molecule has 0 aliphatic carbocycles. The molecule has 0 aliphatic rings. The van der Waals surface area contributed by atoms with Gasteiger partial charge in [-0.1, -0.05) is 0 Å². The minimum Gasteiger partial charge on any atom is -0.320 e. The third kappa shape index (κ3) is 2.94. The Morgan fingerprint density at radius 1 is 1.35 bits per heavy atom. The molecule has 1 aromatic carbocycles. The third-order valence-electron chi connectivity index (χ3n) is 2.54. The number of halogens is 1. The Morgan fingerprint density at radius 2 is 2.10 bits per heavy atom. The zero-order chi connectivity index (χ0) is 14.7. The largest absolute Gasteiger partial charge is 0.320 e. The second-order valence-electron chi connectivity index (χ2n) is 4.13. The van der Waals surface area contributed by atoms with Crippen LogP contribution in [0.25, 0.3) is 0 Å². The lowest BCUT2D eigenvalue weighted by Gasteiger charge is -2.06. The summed E-state index contributed by atoms with van der Waals surface area (Å²) in [5.74, 6) is -1.59. The van der Waals surface area contributed by atoms with Gasteiger partial charge in [0.15, 0.2) is 0 Å². The summed E-state index contributed by atoms with van der Waals surface area (Å²) >= 11 is 0. The number of benzene rings is 1. The normalized spacial score (nSPS) is 10.1. The number of aryl methyl sites for hydroxylation is 1. The Bertz CT molecular complexity index is 688. The van der Waals surface area contributed by atoms with Gasteiger partial charge in [0.2, 0.25) is 0 Å². The molecule has 1 aromatic heterocycles. The van der Waals surface area contributed by atoms with Gasteiger partial charge in [-0.25, -0.2) is 4.39 Å². The highest BCUT2D eigenvalue weighted by Gasteiger charge is 2.17. The lowest BCUT2D eigenvalue weighted by atomic mass is 10.1. The van der Waals surface area contributed by atoms with Crippen molar-refractivity contribution in [3.8, 4) is 0 Å². The molecule has 0 saturated carbocycles. The van der Waals surface area contributed by atoms with Gasteiger partial charge in [0, 0.05) is 18.3 Å². The molecule has 2 aromatic rings. The van der Waals surface area contributed by atoms with Gasteiger partial charge in [-0.15, -0.1) is 0 Å². The smallest absolute Gasteiger partial charge is 0.270 e. The summed E-state index contributed by atoms with van der Waals surface area (Å²) < 4.78 is 13.6. The van der Waals surface area contributed by atoms with E-state index in [0.29, 0.717) is 5.69 Å². The Morgan fingerprint density at radius 3 is 2.75 bits per heavy atom. The van der Waals surface area contributed by atoms with Gasteiger partial charge in [0.1, 0.15) is 5.82 Å². The van der Waals surface area contributed by atoms with Crippen molar-refractivity contribution < 1.29 is 14.1 Å². The molecule has 0 spiro atoms. The number of hydrogen-bond donors (Lipinski definition) is 1. The molecular formula is C13H10FN3O3. The van der Waals surface area contributed by atoms with E-state index in [0.717, 1.165) is 23.8 Å². The number of nitro benzene ring substituents is 1. The minimum absolute atomic E-state index is 0.348. The van der Waals surface area contributed by atoms with E-state index in [1.54, 1.807) is 19.2 Å². The van der Waals surface area contributed by atoms with Gasteiger partial charge in [-0.05, 0) is 24.6 Å². The fraction of sp³-hybridized carbons (Fsp3) is 0.0769. The summed E-state index contributed by atoms with van der Waals surface area (Å²) in [6.07, 6.45) is 3.00. The quantitative estimate of drug-likeness (QED) is 0.689. The number of amides is 1. The molecule has 102 valence electrons. The fourth-order valence-electron chi connectivity index (χ4n) is 1.62. The highest BCUT2D eigenvalue weighted by Crippen LogP contribution is 2.18. The molecule has 7 heteroatoms. The van der Waals surface area contributed by atoms with Crippen LogP contribution in [0, 0.1) is 22.9 Å². The van der Waals surface area contributed by atoms with Gasteiger partial charge < -0.3 is 5.32 Å². The van der Waals surface area contributed by atoms with Gasteiger partial charge in [-0.3, -0.25) is 19.9 Å². The minimum atomic E-state index is -0.825. The molecule has 0 atom stereocenters. The van der Waals surface area contributed by atoms with Crippen molar-refractivity contribution in [3.05, 3.63) is 63.7 Å². The number of hydrogen-bond acceptors (Lipinski definition) is 4. The van der Waals surface area contributed by atoms with Crippen molar-refractivity contribution in [2.75, 3.05) is 5.32 Å². The van der Waals surface area contributed by atoms with Gasteiger partial charge >= 0.3 is 0 Å². The van der Waals surface area contributed by atoms with Crippen LogP contribution in [0.2, 0.25) is 0 Å². The van der Waals surface area contributed by atoms with Crippen LogP contribution in [0.1, 0.15) is 15.9 Å². The van der Waals surface area contributed by atoms with Crippen LogP contribution < -0.4 is 5.32 Å². The Balaban J connectivity index is 2.29. The number of aromatic nitrogens is 1. The van der Waals surface area contributed by atoms with E-state index in [9.17, 15) is 19.3 Å². The maximum absolute atomic E-state index is 13.6. The van der Waals surface area contributed by atoms with Gasteiger partial charge in [0.25, 0.3) is 11.6 Å². The molecule has 1 amide bonds. The molecule has 0 saturated heterocycles. The lowest BCUT2D eigenvalue weighted by Crippen LogP contribution is -2.14. The zero-order valence-corrected chi connectivity index (χ0v) is 10.5.